The Morgan fingerprint density at radius 2 is 1.57 bits per heavy atom. The zero-order valence-corrected chi connectivity index (χ0v) is 12.2. The summed E-state index contributed by atoms with van der Waals surface area (Å²) < 4.78 is 12.0. The number of aryl methyl sites for hydroxylation is 1. The van der Waals surface area contributed by atoms with Crippen molar-refractivity contribution in [3.05, 3.63) is 83.6 Å². The maximum absolute atomic E-state index is 6.37. The summed E-state index contributed by atoms with van der Waals surface area (Å²) in [7, 11) is 0. The van der Waals surface area contributed by atoms with Crippen LogP contribution >= 0.6 is 0 Å². The van der Waals surface area contributed by atoms with E-state index in [0.717, 1.165) is 0 Å². The van der Waals surface area contributed by atoms with Crippen molar-refractivity contribution in [1.82, 2.24) is 0 Å². The molecule has 1 fully saturated rings. The molecule has 0 saturated carbocycles. The minimum atomic E-state index is -0.541. The molecule has 0 amide bonds. The molecule has 2 aliphatic heterocycles. The van der Waals surface area contributed by atoms with Gasteiger partial charge in [-0.1, -0.05) is 60.2 Å². The zero-order valence-electron chi connectivity index (χ0n) is 12.2. The Bertz CT molecular complexity index is 689. The van der Waals surface area contributed by atoms with E-state index < -0.39 is 11.4 Å². The third-order valence-electron chi connectivity index (χ3n) is 4.62. The molecule has 3 atom stereocenters. The van der Waals surface area contributed by atoms with Gasteiger partial charge in [-0.2, -0.15) is 0 Å². The Kier molecular flexibility index (Phi) is 2.54. The lowest BCUT2D eigenvalue weighted by molar-refractivity contribution is -0.372. The monoisotopic (exact) mass is 278 g/mol. The highest BCUT2D eigenvalue weighted by molar-refractivity contribution is 5.44. The normalized spacial score (nSPS) is 33.1. The van der Waals surface area contributed by atoms with Gasteiger partial charge in [-0.25, -0.2) is 0 Å². The fourth-order valence-electron chi connectivity index (χ4n) is 3.55. The molecule has 1 saturated heterocycles. The van der Waals surface area contributed by atoms with E-state index in [0.29, 0.717) is 0 Å². The SMILES string of the molecule is Cc1ccc(C2(c3ccccc3)O[C@@]3(C)OC=C[C@@H]23)cc1. The van der Waals surface area contributed by atoms with Gasteiger partial charge >= 0.3 is 0 Å². The molecule has 0 N–H and O–H groups in total. The number of fused-ring (bicyclic) bond motifs is 1. The summed E-state index contributed by atoms with van der Waals surface area (Å²) in [5.41, 5.74) is 3.15. The Balaban J connectivity index is 1.89. The van der Waals surface area contributed by atoms with Crippen molar-refractivity contribution in [2.45, 2.75) is 25.2 Å². The van der Waals surface area contributed by atoms with Crippen molar-refractivity contribution in [3.63, 3.8) is 0 Å². The van der Waals surface area contributed by atoms with Crippen molar-refractivity contribution in [2.24, 2.45) is 5.92 Å². The fraction of sp³-hybridized carbons (Fsp3) is 0.263. The predicted octanol–water partition coefficient (Wildman–Crippen LogP) is 4.15. The van der Waals surface area contributed by atoms with E-state index in [4.69, 9.17) is 9.47 Å². The molecule has 1 unspecified atom stereocenters. The summed E-state index contributed by atoms with van der Waals surface area (Å²) >= 11 is 0. The van der Waals surface area contributed by atoms with Crippen molar-refractivity contribution in [1.29, 1.82) is 0 Å². The van der Waals surface area contributed by atoms with Gasteiger partial charge < -0.3 is 9.47 Å². The molecule has 2 aromatic rings. The van der Waals surface area contributed by atoms with Crippen LogP contribution in [0.25, 0.3) is 0 Å². The summed E-state index contributed by atoms with van der Waals surface area (Å²) in [6, 6.07) is 19.0. The first-order chi connectivity index (χ1) is 10.2. The third kappa shape index (κ3) is 1.63. The number of hydrogen-bond acceptors (Lipinski definition) is 2. The van der Waals surface area contributed by atoms with E-state index in [1.165, 1.54) is 16.7 Å². The summed E-state index contributed by atoms with van der Waals surface area (Å²) in [6.45, 7) is 4.11. The number of hydrogen-bond donors (Lipinski definition) is 0. The highest BCUT2D eigenvalue weighted by Crippen LogP contribution is 2.60. The van der Waals surface area contributed by atoms with Gasteiger partial charge in [0, 0.05) is 6.92 Å². The molecule has 0 bridgehead atoms. The first-order valence-electron chi connectivity index (χ1n) is 7.32. The second-order valence-corrected chi connectivity index (χ2v) is 6.01. The van der Waals surface area contributed by atoms with E-state index in [2.05, 4.69) is 61.5 Å². The van der Waals surface area contributed by atoms with Crippen LogP contribution in [-0.2, 0) is 15.1 Å². The molecule has 2 aromatic carbocycles. The van der Waals surface area contributed by atoms with E-state index in [1.807, 2.05) is 13.0 Å². The van der Waals surface area contributed by atoms with Crippen molar-refractivity contribution < 1.29 is 9.47 Å². The minimum absolute atomic E-state index is 0.190. The van der Waals surface area contributed by atoms with Crippen LogP contribution in [0.2, 0.25) is 0 Å². The van der Waals surface area contributed by atoms with Crippen molar-refractivity contribution >= 4 is 0 Å². The standard InChI is InChI=1S/C19H18O2/c1-14-8-10-16(11-9-14)19(15-6-4-3-5-7-15)17-12-13-20-18(17,2)21-19/h3-13,17H,1-2H3/t17-,18-,19?/m1/s1. The largest absolute Gasteiger partial charge is 0.470 e. The van der Waals surface area contributed by atoms with Gasteiger partial charge in [0.05, 0.1) is 12.2 Å². The molecular formula is C19H18O2. The molecule has 0 spiro atoms. The number of benzene rings is 2. The lowest BCUT2D eigenvalue weighted by Gasteiger charge is -2.57. The van der Waals surface area contributed by atoms with Gasteiger partial charge in [0.2, 0.25) is 5.79 Å². The van der Waals surface area contributed by atoms with Gasteiger partial charge in [0.25, 0.3) is 0 Å². The molecule has 0 aromatic heterocycles. The molecule has 0 aliphatic carbocycles. The van der Waals surface area contributed by atoms with Crippen LogP contribution in [0.15, 0.2) is 66.9 Å². The lowest BCUT2D eigenvalue weighted by Crippen LogP contribution is -2.63. The van der Waals surface area contributed by atoms with E-state index in [-0.39, 0.29) is 5.92 Å². The fourth-order valence-corrected chi connectivity index (χ4v) is 3.55. The summed E-state index contributed by atoms with van der Waals surface area (Å²) in [4.78, 5) is 0. The highest BCUT2D eigenvalue weighted by Gasteiger charge is 2.66. The molecule has 2 nitrogen and oxygen atoms in total. The maximum Gasteiger partial charge on any atom is 0.217 e. The topological polar surface area (TPSA) is 18.5 Å². The summed E-state index contributed by atoms with van der Waals surface area (Å²) in [6.07, 6.45) is 3.89. The predicted molar refractivity (Wildman–Crippen MR) is 81.6 cm³/mol. The van der Waals surface area contributed by atoms with Crippen LogP contribution in [0, 0.1) is 12.8 Å². The molecule has 106 valence electrons. The average molecular weight is 278 g/mol. The lowest BCUT2D eigenvalue weighted by atomic mass is 9.67. The van der Waals surface area contributed by atoms with Crippen LogP contribution in [-0.4, -0.2) is 5.79 Å². The minimum Gasteiger partial charge on any atom is -0.470 e. The van der Waals surface area contributed by atoms with Gasteiger partial charge in [-0.05, 0) is 24.1 Å². The van der Waals surface area contributed by atoms with Crippen LogP contribution in [0.5, 0.6) is 0 Å². The summed E-state index contributed by atoms with van der Waals surface area (Å²) in [5, 5.41) is 0. The van der Waals surface area contributed by atoms with Gasteiger partial charge in [-0.15, -0.1) is 0 Å². The zero-order chi connectivity index (χ0) is 14.5. The summed E-state index contributed by atoms with van der Waals surface area (Å²) in [5.74, 6) is -0.351. The van der Waals surface area contributed by atoms with E-state index in [9.17, 15) is 0 Å². The highest BCUT2D eigenvalue weighted by atomic mass is 16.7. The number of ether oxygens (including phenoxy) is 2. The van der Waals surface area contributed by atoms with Crippen LogP contribution in [0.3, 0.4) is 0 Å². The molecule has 2 aliphatic rings. The quantitative estimate of drug-likeness (QED) is 0.821. The molecule has 2 heteroatoms. The second-order valence-electron chi connectivity index (χ2n) is 6.01. The first-order valence-corrected chi connectivity index (χ1v) is 7.32. The Morgan fingerprint density at radius 1 is 0.905 bits per heavy atom. The Labute approximate surface area is 125 Å². The van der Waals surface area contributed by atoms with Crippen molar-refractivity contribution in [2.75, 3.05) is 0 Å². The van der Waals surface area contributed by atoms with Crippen molar-refractivity contribution in [3.8, 4) is 0 Å². The van der Waals surface area contributed by atoms with Crippen LogP contribution < -0.4 is 0 Å². The number of rotatable bonds is 2. The molecular weight excluding hydrogens is 260 g/mol. The smallest absolute Gasteiger partial charge is 0.217 e. The Morgan fingerprint density at radius 3 is 2.24 bits per heavy atom. The van der Waals surface area contributed by atoms with E-state index in [1.54, 1.807) is 6.26 Å². The van der Waals surface area contributed by atoms with Gasteiger partial charge in [0.1, 0.15) is 5.60 Å². The van der Waals surface area contributed by atoms with Crippen LogP contribution in [0.1, 0.15) is 23.6 Å². The van der Waals surface area contributed by atoms with Gasteiger partial charge in [-0.3, -0.25) is 0 Å². The Hall–Kier alpha value is -2.06. The third-order valence-corrected chi connectivity index (χ3v) is 4.62. The van der Waals surface area contributed by atoms with Gasteiger partial charge in [0.15, 0.2) is 0 Å². The molecule has 0 radical (unpaired) electrons. The van der Waals surface area contributed by atoms with E-state index >= 15 is 0 Å². The second kappa shape index (κ2) is 4.22. The molecule has 21 heavy (non-hydrogen) atoms. The molecule has 2 heterocycles. The molecule has 4 rings (SSSR count). The average Bonchev–Trinajstić information content (AvgIpc) is 2.80. The first kappa shape index (κ1) is 12.7. The maximum atomic E-state index is 6.37. The van der Waals surface area contributed by atoms with Crippen LogP contribution in [0.4, 0.5) is 0 Å².